The van der Waals surface area contributed by atoms with Gasteiger partial charge in [-0.3, -0.25) is 9.89 Å². The molecule has 0 aromatic heterocycles. The summed E-state index contributed by atoms with van der Waals surface area (Å²) in [5.74, 6) is 2.50. The zero-order chi connectivity index (χ0) is 19.8. The van der Waals surface area contributed by atoms with Crippen LogP contribution in [0.25, 0.3) is 0 Å². The van der Waals surface area contributed by atoms with E-state index in [0.29, 0.717) is 23.3 Å². The van der Waals surface area contributed by atoms with Crippen molar-refractivity contribution in [1.29, 1.82) is 0 Å². The number of benzene rings is 1. The van der Waals surface area contributed by atoms with Crippen molar-refractivity contribution in [3.05, 3.63) is 12.1 Å². The van der Waals surface area contributed by atoms with Gasteiger partial charge >= 0.3 is 0 Å². The third-order valence-corrected chi connectivity index (χ3v) is 4.71. The summed E-state index contributed by atoms with van der Waals surface area (Å²) in [6, 6.07) is 4.14. The van der Waals surface area contributed by atoms with Crippen LogP contribution in [-0.2, 0) is 0 Å². The van der Waals surface area contributed by atoms with Crippen LogP contribution in [0.1, 0.15) is 6.92 Å². The number of hydrogen-bond donors (Lipinski definition) is 2. The number of rotatable bonds is 7. The number of likely N-dealkylation sites (N-methyl/N-ethyl adjacent to an activating group) is 2. The first-order valence-corrected chi connectivity index (χ1v) is 9.26. The van der Waals surface area contributed by atoms with Crippen molar-refractivity contribution in [2.45, 2.75) is 13.0 Å². The van der Waals surface area contributed by atoms with E-state index >= 15 is 0 Å². The largest absolute Gasteiger partial charge is 0.493 e. The van der Waals surface area contributed by atoms with Crippen LogP contribution in [0.2, 0.25) is 0 Å². The van der Waals surface area contributed by atoms with Crippen LogP contribution < -0.4 is 24.8 Å². The van der Waals surface area contributed by atoms with Crippen LogP contribution in [0.4, 0.5) is 5.69 Å². The van der Waals surface area contributed by atoms with Gasteiger partial charge in [0.15, 0.2) is 17.5 Å². The van der Waals surface area contributed by atoms with Gasteiger partial charge in [-0.2, -0.15) is 0 Å². The van der Waals surface area contributed by atoms with Gasteiger partial charge in [-0.15, -0.1) is 24.0 Å². The Kier molecular flexibility index (Phi) is 10.7. The van der Waals surface area contributed by atoms with Crippen LogP contribution in [0.15, 0.2) is 17.1 Å². The van der Waals surface area contributed by atoms with Gasteiger partial charge in [0.05, 0.1) is 27.9 Å². The lowest BCUT2D eigenvalue weighted by atomic mass is 10.2. The lowest BCUT2D eigenvalue weighted by Crippen LogP contribution is -2.51. The molecular weight excluding hydrogens is 473 g/mol. The summed E-state index contributed by atoms with van der Waals surface area (Å²) in [7, 11) is 9.12. The molecule has 1 unspecified atom stereocenters. The number of guanidine groups is 1. The van der Waals surface area contributed by atoms with Crippen molar-refractivity contribution in [2.24, 2.45) is 4.99 Å². The van der Waals surface area contributed by atoms with Gasteiger partial charge in [0, 0.05) is 50.0 Å². The van der Waals surface area contributed by atoms with Gasteiger partial charge in [0.2, 0.25) is 5.75 Å². The topological polar surface area (TPSA) is 70.6 Å². The van der Waals surface area contributed by atoms with E-state index in [9.17, 15) is 0 Å². The highest BCUT2D eigenvalue weighted by molar-refractivity contribution is 14.0. The minimum Gasteiger partial charge on any atom is -0.493 e. The number of hydrogen-bond acceptors (Lipinski definition) is 6. The van der Waals surface area contributed by atoms with E-state index in [4.69, 9.17) is 19.2 Å². The SMILES string of the molecule is CCNC(=NCC1CN(C)CCN1C)Nc1cc(OC)c(OC)c(OC)c1.I. The molecule has 1 heterocycles. The number of nitrogens with zero attached hydrogens (tertiary/aromatic N) is 3. The highest BCUT2D eigenvalue weighted by atomic mass is 127. The second-order valence-electron chi connectivity index (χ2n) is 6.66. The molecule has 2 N–H and O–H groups in total. The minimum absolute atomic E-state index is 0. The monoisotopic (exact) mass is 507 g/mol. The summed E-state index contributed by atoms with van der Waals surface area (Å²) in [5, 5.41) is 6.63. The van der Waals surface area contributed by atoms with E-state index in [1.54, 1.807) is 21.3 Å². The maximum Gasteiger partial charge on any atom is 0.203 e. The van der Waals surface area contributed by atoms with Crippen LogP contribution in [0.3, 0.4) is 0 Å². The van der Waals surface area contributed by atoms with Crippen LogP contribution in [0.5, 0.6) is 17.2 Å². The van der Waals surface area contributed by atoms with Crippen LogP contribution in [-0.4, -0.2) is 89.9 Å². The first-order chi connectivity index (χ1) is 13.0. The first kappa shape index (κ1) is 24.6. The van der Waals surface area contributed by atoms with Crippen molar-refractivity contribution in [2.75, 3.05) is 73.5 Å². The van der Waals surface area contributed by atoms with Gasteiger partial charge in [-0.05, 0) is 21.0 Å². The van der Waals surface area contributed by atoms with E-state index in [0.717, 1.165) is 44.4 Å². The lowest BCUT2D eigenvalue weighted by Gasteiger charge is -2.36. The van der Waals surface area contributed by atoms with Crippen molar-refractivity contribution >= 4 is 35.6 Å². The number of ether oxygens (including phenoxy) is 3. The third-order valence-electron chi connectivity index (χ3n) is 4.71. The van der Waals surface area contributed by atoms with E-state index in [2.05, 4.69) is 34.5 Å². The van der Waals surface area contributed by atoms with Crippen LogP contribution in [0, 0.1) is 0 Å². The first-order valence-electron chi connectivity index (χ1n) is 9.26. The number of anilines is 1. The molecule has 1 saturated heterocycles. The van der Waals surface area contributed by atoms with Gasteiger partial charge in [-0.1, -0.05) is 0 Å². The maximum atomic E-state index is 5.42. The van der Waals surface area contributed by atoms with Gasteiger partial charge in [0.25, 0.3) is 0 Å². The fourth-order valence-corrected chi connectivity index (χ4v) is 3.09. The van der Waals surface area contributed by atoms with Crippen molar-refractivity contribution in [1.82, 2.24) is 15.1 Å². The molecule has 1 aliphatic heterocycles. The molecule has 1 aromatic rings. The molecular formula is C19H34IN5O3. The summed E-state index contributed by atoms with van der Waals surface area (Å²) in [5.41, 5.74) is 0.818. The van der Waals surface area contributed by atoms with Gasteiger partial charge in [-0.25, -0.2) is 0 Å². The predicted octanol–water partition coefficient (Wildman–Crippen LogP) is 1.95. The standard InChI is InChI=1S/C19H33N5O3.HI/c1-7-20-19(21-12-15-13-23(2)8-9-24(15)3)22-14-10-16(25-4)18(27-6)17(11-14)26-5;/h10-11,15H,7-9,12-13H2,1-6H3,(H2,20,21,22);1H. The summed E-state index contributed by atoms with van der Waals surface area (Å²) < 4.78 is 16.2. The molecule has 9 heteroatoms. The molecule has 1 fully saturated rings. The molecule has 0 saturated carbocycles. The average molecular weight is 507 g/mol. The Balaban J connectivity index is 0.00000392. The second-order valence-corrected chi connectivity index (χ2v) is 6.66. The normalized spacial score (nSPS) is 18.2. The zero-order valence-electron chi connectivity index (χ0n) is 17.7. The van der Waals surface area contributed by atoms with Gasteiger partial charge in [0.1, 0.15) is 0 Å². The smallest absolute Gasteiger partial charge is 0.203 e. The van der Waals surface area contributed by atoms with Crippen LogP contribution >= 0.6 is 24.0 Å². The van der Waals surface area contributed by atoms with Gasteiger partial charge < -0.3 is 29.7 Å². The molecule has 2 rings (SSSR count). The Bertz CT molecular complexity index is 619. The summed E-state index contributed by atoms with van der Waals surface area (Å²) >= 11 is 0. The third kappa shape index (κ3) is 6.56. The number of halogens is 1. The number of aliphatic imine (C=N–C) groups is 1. The molecule has 1 aromatic carbocycles. The molecule has 1 aliphatic rings. The maximum absolute atomic E-state index is 5.42. The summed E-state index contributed by atoms with van der Waals surface area (Å²) in [6.45, 7) is 6.72. The van der Waals surface area contributed by atoms with E-state index in [1.807, 2.05) is 19.1 Å². The molecule has 0 aliphatic carbocycles. The Morgan fingerprint density at radius 3 is 2.29 bits per heavy atom. The number of nitrogens with one attached hydrogen (secondary N) is 2. The van der Waals surface area contributed by atoms with Crippen molar-refractivity contribution in [3.63, 3.8) is 0 Å². The highest BCUT2D eigenvalue weighted by Gasteiger charge is 2.22. The summed E-state index contributed by atoms with van der Waals surface area (Å²) in [4.78, 5) is 9.50. The Morgan fingerprint density at radius 2 is 1.75 bits per heavy atom. The zero-order valence-corrected chi connectivity index (χ0v) is 20.1. The van der Waals surface area contributed by atoms with Crippen molar-refractivity contribution in [3.8, 4) is 17.2 Å². The van der Waals surface area contributed by atoms with E-state index in [-0.39, 0.29) is 24.0 Å². The molecule has 0 amide bonds. The minimum atomic E-state index is 0. The molecule has 1 atom stereocenters. The summed E-state index contributed by atoms with van der Waals surface area (Å²) in [6.07, 6.45) is 0. The Labute approximate surface area is 185 Å². The Morgan fingerprint density at radius 1 is 1.11 bits per heavy atom. The predicted molar refractivity (Wildman–Crippen MR) is 125 cm³/mol. The van der Waals surface area contributed by atoms with E-state index < -0.39 is 0 Å². The molecule has 8 nitrogen and oxygen atoms in total. The second kappa shape index (κ2) is 12.2. The molecule has 0 bridgehead atoms. The van der Waals surface area contributed by atoms with Crippen molar-refractivity contribution < 1.29 is 14.2 Å². The molecule has 28 heavy (non-hydrogen) atoms. The number of methoxy groups -OCH3 is 3. The fourth-order valence-electron chi connectivity index (χ4n) is 3.09. The fraction of sp³-hybridized carbons (Fsp3) is 0.632. The molecule has 160 valence electrons. The number of piperazine rings is 1. The highest BCUT2D eigenvalue weighted by Crippen LogP contribution is 2.39. The quantitative estimate of drug-likeness (QED) is 0.332. The Hall–Kier alpha value is -1.46. The molecule has 0 spiro atoms. The van der Waals surface area contributed by atoms with E-state index in [1.165, 1.54) is 0 Å². The molecule has 0 radical (unpaired) electrons. The average Bonchev–Trinajstić information content (AvgIpc) is 2.67. The lowest BCUT2D eigenvalue weighted by molar-refractivity contribution is 0.119.